The fourth-order valence-electron chi connectivity index (χ4n) is 2.20. The van der Waals surface area contributed by atoms with E-state index in [4.69, 9.17) is 4.74 Å². The van der Waals surface area contributed by atoms with E-state index in [9.17, 15) is 13.6 Å². The maximum absolute atomic E-state index is 12.5. The zero-order chi connectivity index (χ0) is 18.6. The molecule has 6 nitrogen and oxygen atoms in total. The molecule has 9 heteroatoms. The van der Waals surface area contributed by atoms with E-state index in [0.29, 0.717) is 27.3 Å². The summed E-state index contributed by atoms with van der Waals surface area (Å²) in [5.74, 6) is -0.0850. The third kappa shape index (κ3) is 4.79. The lowest BCUT2D eigenvalue weighted by Crippen LogP contribution is -2.09. The van der Waals surface area contributed by atoms with Gasteiger partial charge in [-0.2, -0.15) is 13.9 Å². The Hall–Kier alpha value is -2.42. The number of methoxy groups -OCH3 is 1. The van der Waals surface area contributed by atoms with Crippen molar-refractivity contribution in [3.8, 4) is 11.6 Å². The molecule has 0 saturated carbocycles. The molecule has 0 aliphatic heterocycles. The largest absolute Gasteiger partial charge is 0.480 e. The minimum Gasteiger partial charge on any atom is -0.480 e. The first-order chi connectivity index (χ1) is 11.8. The number of hydrogen-bond acceptors (Lipinski definition) is 4. The molecule has 0 aliphatic rings. The van der Waals surface area contributed by atoms with Crippen LogP contribution in [-0.4, -0.2) is 29.4 Å². The van der Waals surface area contributed by atoms with Crippen LogP contribution in [0.4, 0.5) is 14.5 Å². The summed E-state index contributed by atoms with van der Waals surface area (Å²) in [6, 6.07) is 4.53. The van der Waals surface area contributed by atoms with Crippen molar-refractivity contribution in [2.24, 2.45) is 7.05 Å². The minimum absolute atomic E-state index is 0.0302. The molecule has 2 rings (SSSR count). The number of nitrogens with zero attached hydrogens (tertiary/aromatic N) is 2. The van der Waals surface area contributed by atoms with E-state index in [1.165, 1.54) is 30.0 Å². The van der Waals surface area contributed by atoms with Crippen LogP contribution in [0.15, 0.2) is 28.7 Å². The number of aromatic nitrogens is 2. The van der Waals surface area contributed by atoms with Crippen molar-refractivity contribution in [1.29, 1.82) is 0 Å². The number of ether oxygens (including phenoxy) is 2. The second kappa shape index (κ2) is 8.11. The maximum Gasteiger partial charge on any atom is 0.387 e. The Labute approximate surface area is 151 Å². The Balaban J connectivity index is 2.20. The lowest BCUT2D eigenvalue weighted by atomic mass is 10.2. The van der Waals surface area contributed by atoms with E-state index < -0.39 is 12.5 Å². The SMILES string of the molecule is COc1c(NC(=O)/C=C/c2cc(Br)ccc2OC(F)F)c(C)nn1C. The number of halogens is 3. The lowest BCUT2D eigenvalue weighted by molar-refractivity contribution is -0.111. The third-order valence-corrected chi connectivity index (χ3v) is 3.71. The predicted molar refractivity (Wildman–Crippen MR) is 92.9 cm³/mol. The van der Waals surface area contributed by atoms with Crippen LogP contribution in [0.1, 0.15) is 11.3 Å². The van der Waals surface area contributed by atoms with Gasteiger partial charge in [0.1, 0.15) is 11.4 Å². The second-order valence-electron chi connectivity index (χ2n) is 4.98. The van der Waals surface area contributed by atoms with E-state index in [0.717, 1.165) is 0 Å². The van der Waals surface area contributed by atoms with Crippen molar-refractivity contribution >= 4 is 33.6 Å². The number of anilines is 1. The van der Waals surface area contributed by atoms with E-state index in [1.54, 1.807) is 26.1 Å². The Bertz CT molecular complexity index is 806. The van der Waals surface area contributed by atoms with Crippen molar-refractivity contribution in [1.82, 2.24) is 9.78 Å². The van der Waals surface area contributed by atoms with Crippen molar-refractivity contribution in [3.63, 3.8) is 0 Å². The molecule has 0 atom stereocenters. The van der Waals surface area contributed by atoms with E-state index in [1.807, 2.05) is 0 Å². The average molecular weight is 416 g/mol. The number of alkyl halides is 2. The van der Waals surface area contributed by atoms with Crippen LogP contribution in [-0.2, 0) is 11.8 Å². The van der Waals surface area contributed by atoms with Crippen LogP contribution in [0.25, 0.3) is 6.08 Å². The van der Waals surface area contributed by atoms with Gasteiger partial charge in [-0.05, 0) is 31.2 Å². The molecule has 2 aromatic rings. The molecule has 0 unspecified atom stereocenters. The molecule has 1 amide bonds. The normalized spacial score (nSPS) is 11.2. The molecule has 0 fully saturated rings. The topological polar surface area (TPSA) is 65.4 Å². The number of nitrogens with one attached hydrogen (secondary N) is 1. The van der Waals surface area contributed by atoms with Crippen molar-refractivity contribution < 1.29 is 23.0 Å². The number of amides is 1. The highest BCUT2D eigenvalue weighted by Gasteiger charge is 2.15. The molecule has 0 spiro atoms. The van der Waals surface area contributed by atoms with Crippen LogP contribution in [0.2, 0.25) is 0 Å². The molecule has 0 aliphatic carbocycles. The van der Waals surface area contributed by atoms with Gasteiger partial charge in [-0.1, -0.05) is 15.9 Å². The molecule has 1 N–H and O–H groups in total. The number of carbonyl (C=O) groups excluding carboxylic acids is 1. The van der Waals surface area contributed by atoms with Gasteiger partial charge in [0.2, 0.25) is 11.8 Å². The van der Waals surface area contributed by atoms with Crippen molar-refractivity contribution in [3.05, 3.63) is 40.0 Å². The van der Waals surface area contributed by atoms with Crippen LogP contribution in [0, 0.1) is 6.92 Å². The van der Waals surface area contributed by atoms with Crippen LogP contribution < -0.4 is 14.8 Å². The molecule has 0 radical (unpaired) electrons. The monoisotopic (exact) mass is 415 g/mol. The summed E-state index contributed by atoms with van der Waals surface area (Å²) < 4.78 is 36.7. The first-order valence-corrected chi connectivity index (χ1v) is 7.92. The zero-order valence-electron chi connectivity index (χ0n) is 13.7. The lowest BCUT2D eigenvalue weighted by Gasteiger charge is -2.08. The summed E-state index contributed by atoms with van der Waals surface area (Å²) in [5, 5.41) is 6.82. The highest BCUT2D eigenvalue weighted by atomic mass is 79.9. The summed E-state index contributed by atoms with van der Waals surface area (Å²) in [4.78, 5) is 12.1. The first kappa shape index (κ1) is 18.9. The smallest absolute Gasteiger partial charge is 0.387 e. The molecule has 25 heavy (non-hydrogen) atoms. The van der Waals surface area contributed by atoms with E-state index in [2.05, 4.69) is 31.1 Å². The Morgan fingerprint density at radius 1 is 1.44 bits per heavy atom. The van der Waals surface area contributed by atoms with Gasteiger partial charge >= 0.3 is 6.61 Å². The van der Waals surface area contributed by atoms with Gasteiger partial charge < -0.3 is 14.8 Å². The molecule has 134 valence electrons. The van der Waals surface area contributed by atoms with Crippen LogP contribution in [0.3, 0.4) is 0 Å². The molecule has 0 bridgehead atoms. The summed E-state index contributed by atoms with van der Waals surface area (Å²) in [6.07, 6.45) is 2.60. The number of aryl methyl sites for hydroxylation is 2. The number of rotatable bonds is 6. The Kier molecular flexibility index (Phi) is 6.13. The predicted octanol–water partition coefficient (Wildman–Crippen LogP) is 3.75. The zero-order valence-corrected chi connectivity index (χ0v) is 15.3. The van der Waals surface area contributed by atoms with Crippen LogP contribution in [0.5, 0.6) is 11.6 Å². The number of hydrogen-bond donors (Lipinski definition) is 1. The molecule has 1 aromatic carbocycles. The average Bonchev–Trinajstić information content (AvgIpc) is 2.80. The van der Waals surface area contributed by atoms with Crippen molar-refractivity contribution in [2.75, 3.05) is 12.4 Å². The molecule has 1 heterocycles. The molecule has 0 saturated heterocycles. The quantitative estimate of drug-likeness (QED) is 0.729. The maximum atomic E-state index is 12.5. The highest BCUT2D eigenvalue weighted by Crippen LogP contribution is 2.28. The van der Waals surface area contributed by atoms with Crippen molar-refractivity contribution in [2.45, 2.75) is 13.5 Å². The van der Waals surface area contributed by atoms with Gasteiger partial charge in [0.25, 0.3) is 0 Å². The fourth-order valence-corrected chi connectivity index (χ4v) is 2.58. The summed E-state index contributed by atoms with van der Waals surface area (Å²) >= 11 is 3.25. The second-order valence-corrected chi connectivity index (χ2v) is 5.89. The molecule has 1 aromatic heterocycles. The fraction of sp³-hybridized carbons (Fsp3) is 0.250. The summed E-state index contributed by atoms with van der Waals surface area (Å²) in [6.45, 7) is -1.23. The first-order valence-electron chi connectivity index (χ1n) is 7.12. The summed E-state index contributed by atoms with van der Waals surface area (Å²) in [7, 11) is 3.16. The van der Waals surface area contributed by atoms with E-state index >= 15 is 0 Å². The third-order valence-electron chi connectivity index (χ3n) is 3.21. The van der Waals surface area contributed by atoms with Gasteiger partial charge in [0.15, 0.2) is 0 Å². The number of carbonyl (C=O) groups is 1. The standard InChI is InChI=1S/C16H16BrF2N3O3/c1-9-14(15(24-3)22(2)21-9)20-13(23)7-4-10-8-11(17)5-6-12(10)25-16(18)19/h4-8,16H,1-3H3,(H,20,23)/b7-4+. The minimum atomic E-state index is -2.95. The van der Waals surface area contributed by atoms with Crippen LogP contribution >= 0.6 is 15.9 Å². The van der Waals surface area contributed by atoms with E-state index in [-0.39, 0.29) is 5.75 Å². The Morgan fingerprint density at radius 2 is 2.16 bits per heavy atom. The van der Waals surface area contributed by atoms with Gasteiger partial charge in [-0.25, -0.2) is 4.68 Å². The van der Waals surface area contributed by atoms with Gasteiger partial charge in [-0.15, -0.1) is 0 Å². The van der Waals surface area contributed by atoms with Gasteiger partial charge in [-0.3, -0.25) is 4.79 Å². The molecular weight excluding hydrogens is 400 g/mol. The van der Waals surface area contributed by atoms with Gasteiger partial charge in [0, 0.05) is 23.2 Å². The summed E-state index contributed by atoms with van der Waals surface area (Å²) in [5.41, 5.74) is 1.36. The number of benzene rings is 1. The Morgan fingerprint density at radius 3 is 2.80 bits per heavy atom. The molecular formula is C16H16BrF2N3O3. The highest BCUT2D eigenvalue weighted by molar-refractivity contribution is 9.10. The van der Waals surface area contributed by atoms with Gasteiger partial charge in [0.05, 0.1) is 12.8 Å².